The number of halogens is 1. The minimum atomic E-state index is -1.53. The van der Waals surface area contributed by atoms with Crippen molar-refractivity contribution in [1.29, 1.82) is 5.26 Å². The Balaban J connectivity index is 2.97. The van der Waals surface area contributed by atoms with Crippen LogP contribution in [0.2, 0.25) is 0 Å². The zero-order valence-electron chi connectivity index (χ0n) is 9.63. The Bertz CT molecular complexity index is 483. The second kappa shape index (κ2) is 6.10. The first-order valence-corrected chi connectivity index (χ1v) is 5.12. The monoisotopic (exact) mass is 253 g/mol. The van der Waals surface area contributed by atoms with E-state index in [2.05, 4.69) is 4.74 Å². The van der Waals surface area contributed by atoms with Gasteiger partial charge in [0.15, 0.2) is 0 Å². The predicted octanol–water partition coefficient (Wildman–Crippen LogP) is 0.655. The Morgan fingerprint density at radius 2 is 2.22 bits per heavy atom. The molecule has 1 rings (SSSR count). The second-order valence-electron chi connectivity index (χ2n) is 3.61. The highest BCUT2D eigenvalue weighted by Gasteiger charge is 2.25. The number of methoxy groups -OCH3 is 1. The number of carbonyl (C=O) groups excluding carboxylic acids is 1. The van der Waals surface area contributed by atoms with Crippen LogP contribution in [0.5, 0.6) is 0 Å². The van der Waals surface area contributed by atoms with E-state index in [0.717, 1.165) is 13.2 Å². The summed E-state index contributed by atoms with van der Waals surface area (Å²) >= 11 is 0. The number of aliphatic hydroxyl groups is 2. The zero-order valence-corrected chi connectivity index (χ0v) is 9.63. The molecule has 2 atom stereocenters. The Kier molecular flexibility index (Phi) is 4.77. The van der Waals surface area contributed by atoms with E-state index in [9.17, 15) is 19.4 Å². The van der Waals surface area contributed by atoms with Gasteiger partial charge < -0.3 is 14.9 Å². The Morgan fingerprint density at radius 3 is 2.78 bits per heavy atom. The topological polar surface area (TPSA) is 90.6 Å². The maximum atomic E-state index is 13.3. The molecule has 1 aromatic rings. The predicted molar refractivity (Wildman–Crippen MR) is 58.7 cm³/mol. The Hall–Kier alpha value is -1.97. The summed E-state index contributed by atoms with van der Waals surface area (Å²) in [5, 5.41) is 28.2. The van der Waals surface area contributed by atoms with Crippen molar-refractivity contribution in [2.24, 2.45) is 0 Å². The molecular formula is C12H12FNO4. The van der Waals surface area contributed by atoms with E-state index in [1.54, 1.807) is 6.07 Å². The fourth-order valence-electron chi connectivity index (χ4n) is 1.48. The summed E-state index contributed by atoms with van der Waals surface area (Å²) < 4.78 is 17.6. The number of esters is 1. The fourth-order valence-corrected chi connectivity index (χ4v) is 1.48. The van der Waals surface area contributed by atoms with Gasteiger partial charge in [0.25, 0.3) is 0 Å². The standard InChI is InChI=1S/C12H12FNO4/c1-18-11(16)5-10(15)12(17)7-3-2-4-9(13)8(7)6-14/h2-4,10,12,15,17H,5H2,1H3. The van der Waals surface area contributed by atoms with Gasteiger partial charge in [-0.1, -0.05) is 12.1 Å². The molecule has 1 aromatic carbocycles. The third kappa shape index (κ3) is 3.03. The average molecular weight is 253 g/mol. The molecule has 0 fully saturated rings. The molecule has 0 aliphatic rings. The van der Waals surface area contributed by atoms with Crippen LogP contribution in [0.1, 0.15) is 23.7 Å². The van der Waals surface area contributed by atoms with E-state index in [0.29, 0.717) is 0 Å². The third-order valence-corrected chi connectivity index (χ3v) is 2.44. The van der Waals surface area contributed by atoms with Crippen LogP contribution in [0.3, 0.4) is 0 Å². The second-order valence-corrected chi connectivity index (χ2v) is 3.61. The Labute approximate surface area is 103 Å². The van der Waals surface area contributed by atoms with Gasteiger partial charge in [0.1, 0.15) is 18.0 Å². The molecule has 0 aliphatic carbocycles. The van der Waals surface area contributed by atoms with Crippen LogP contribution in [-0.4, -0.2) is 29.4 Å². The number of nitriles is 1. The molecule has 6 heteroatoms. The quantitative estimate of drug-likeness (QED) is 0.769. The minimum absolute atomic E-state index is 0.0612. The summed E-state index contributed by atoms with van der Waals surface area (Å²) in [5.74, 6) is -1.50. The van der Waals surface area contributed by atoms with Crippen LogP contribution in [0.15, 0.2) is 18.2 Å². The van der Waals surface area contributed by atoms with E-state index in [1.807, 2.05) is 0 Å². The van der Waals surface area contributed by atoms with Crippen LogP contribution >= 0.6 is 0 Å². The minimum Gasteiger partial charge on any atom is -0.469 e. The maximum Gasteiger partial charge on any atom is 0.308 e. The van der Waals surface area contributed by atoms with Crippen LogP contribution < -0.4 is 0 Å². The molecule has 2 N–H and O–H groups in total. The molecule has 0 amide bonds. The summed E-state index contributed by atoms with van der Waals surface area (Å²) in [5.41, 5.74) is -0.414. The number of ether oxygens (including phenoxy) is 1. The number of carbonyl (C=O) groups is 1. The SMILES string of the molecule is COC(=O)CC(O)C(O)c1cccc(F)c1C#N. The molecule has 0 heterocycles. The molecule has 0 radical (unpaired) electrons. The van der Waals surface area contributed by atoms with E-state index in [1.165, 1.54) is 12.1 Å². The summed E-state index contributed by atoms with van der Waals surface area (Å²) in [6, 6.07) is 5.29. The van der Waals surface area contributed by atoms with Crippen LogP contribution in [0, 0.1) is 17.1 Å². The van der Waals surface area contributed by atoms with Gasteiger partial charge in [-0.25, -0.2) is 4.39 Å². The molecule has 96 valence electrons. The van der Waals surface area contributed by atoms with Gasteiger partial charge in [-0.3, -0.25) is 4.79 Å². The smallest absolute Gasteiger partial charge is 0.308 e. The Morgan fingerprint density at radius 1 is 1.56 bits per heavy atom. The number of hydrogen-bond acceptors (Lipinski definition) is 5. The molecule has 2 unspecified atom stereocenters. The molecule has 0 bridgehead atoms. The zero-order chi connectivity index (χ0) is 13.7. The number of nitrogens with zero attached hydrogens (tertiary/aromatic N) is 1. The summed E-state index contributed by atoms with van der Waals surface area (Å²) in [6.45, 7) is 0. The summed E-state index contributed by atoms with van der Waals surface area (Å²) in [6.07, 6.45) is -3.44. The van der Waals surface area contributed by atoms with Gasteiger partial charge >= 0.3 is 5.97 Å². The largest absolute Gasteiger partial charge is 0.469 e. The third-order valence-electron chi connectivity index (χ3n) is 2.44. The van der Waals surface area contributed by atoms with E-state index >= 15 is 0 Å². The molecular weight excluding hydrogens is 241 g/mol. The van der Waals surface area contributed by atoms with Crippen molar-refractivity contribution < 1.29 is 24.1 Å². The average Bonchev–Trinajstić information content (AvgIpc) is 2.37. The van der Waals surface area contributed by atoms with Crippen LogP contribution in [0.25, 0.3) is 0 Å². The summed E-state index contributed by atoms with van der Waals surface area (Å²) in [7, 11) is 1.14. The van der Waals surface area contributed by atoms with Crippen molar-refractivity contribution >= 4 is 5.97 Å². The van der Waals surface area contributed by atoms with Crippen molar-refractivity contribution in [3.63, 3.8) is 0 Å². The van der Waals surface area contributed by atoms with Crippen molar-refractivity contribution in [2.45, 2.75) is 18.6 Å². The highest BCUT2D eigenvalue weighted by atomic mass is 19.1. The first-order chi connectivity index (χ1) is 8.51. The number of aliphatic hydroxyl groups excluding tert-OH is 2. The van der Waals surface area contributed by atoms with E-state index in [-0.39, 0.29) is 11.1 Å². The normalized spacial score (nSPS) is 13.5. The molecule has 0 saturated carbocycles. The van der Waals surface area contributed by atoms with Crippen molar-refractivity contribution in [2.75, 3.05) is 7.11 Å². The lowest BCUT2D eigenvalue weighted by Crippen LogP contribution is -2.23. The molecule has 18 heavy (non-hydrogen) atoms. The maximum absolute atomic E-state index is 13.3. The summed E-state index contributed by atoms with van der Waals surface area (Å²) in [4.78, 5) is 10.9. The molecule has 0 spiro atoms. The number of rotatable bonds is 4. The van der Waals surface area contributed by atoms with Gasteiger partial charge in [-0.15, -0.1) is 0 Å². The van der Waals surface area contributed by atoms with Crippen LogP contribution in [0.4, 0.5) is 4.39 Å². The van der Waals surface area contributed by atoms with Crippen molar-refractivity contribution in [1.82, 2.24) is 0 Å². The van der Waals surface area contributed by atoms with Crippen LogP contribution in [-0.2, 0) is 9.53 Å². The van der Waals surface area contributed by atoms with Crippen molar-refractivity contribution in [3.8, 4) is 6.07 Å². The number of hydrogen-bond donors (Lipinski definition) is 2. The van der Waals surface area contributed by atoms with Crippen molar-refractivity contribution in [3.05, 3.63) is 35.1 Å². The fraction of sp³-hybridized carbons (Fsp3) is 0.333. The lowest BCUT2D eigenvalue weighted by atomic mass is 9.97. The highest BCUT2D eigenvalue weighted by molar-refractivity contribution is 5.69. The van der Waals surface area contributed by atoms with Gasteiger partial charge in [-0.2, -0.15) is 5.26 Å². The molecule has 0 aliphatic heterocycles. The van der Waals surface area contributed by atoms with Gasteiger partial charge in [-0.05, 0) is 6.07 Å². The van der Waals surface area contributed by atoms with Gasteiger partial charge in [0, 0.05) is 5.56 Å². The molecule has 0 saturated heterocycles. The van der Waals surface area contributed by atoms with Gasteiger partial charge in [0.2, 0.25) is 0 Å². The first-order valence-electron chi connectivity index (χ1n) is 5.12. The molecule has 0 aromatic heterocycles. The first kappa shape index (κ1) is 14.1. The van der Waals surface area contributed by atoms with E-state index in [4.69, 9.17) is 5.26 Å². The number of benzene rings is 1. The lowest BCUT2D eigenvalue weighted by Gasteiger charge is -2.18. The highest BCUT2D eigenvalue weighted by Crippen LogP contribution is 2.24. The lowest BCUT2D eigenvalue weighted by molar-refractivity contribution is -0.144. The van der Waals surface area contributed by atoms with Gasteiger partial charge in [0.05, 0.1) is 25.2 Å². The van der Waals surface area contributed by atoms with E-state index < -0.39 is 30.4 Å². The molecule has 5 nitrogen and oxygen atoms in total.